The Labute approximate surface area is 451 Å². The van der Waals surface area contributed by atoms with E-state index in [1.165, 1.54) is 161 Å². The van der Waals surface area contributed by atoms with Gasteiger partial charge in [-0.05, 0) is 89.9 Å². The van der Waals surface area contributed by atoms with E-state index in [-0.39, 0.29) is 31.6 Å². The van der Waals surface area contributed by atoms with E-state index in [4.69, 9.17) is 14.2 Å². The van der Waals surface area contributed by atoms with Crippen molar-refractivity contribution < 1.29 is 28.6 Å². The fourth-order valence-electron chi connectivity index (χ4n) is 8.50. The number of ether oxygens (including phenoxy) is 3. The highest BCUT2D eigenvalue weighted by Crippen LogP contribution is 2.16. The lowest BCUT2D eigenvalue weighted by molar-refractivity contribution is -0.166. The second kappa shape index (κ2) is 60.9. The van der Waals surface area contributed by atoms with Crippen molar-refractivity contribution in [2.24, 2.45) is 0 Å². The third-order valence-corrected chi connectivity index (χ3v) is 13.1. The predicted molar refractivity (Wildman–Crippen MR) is 316 cm³/mol. The SMILES string of the molecule is CC/C=C\C/C=C\C/C=C\C/C=C\C/C=C\C/C=C\CCC(=O)OC(COC(=O)CCCCCCCCCCC)COC(=O)CCCCCCCCCCCCCCCCC/C=C\C/C=C\CCCCCCC. The summed E-state index contributed by atoms with van der Waals surface area (Å²) < 4.78 is 16.8. The highest BCUT2D eigenvalue weighted by atomic mass is 16.6. The largest absolute Gasteiger partial charge is 0.462 e. The highest BCUT2D eigenvalue weighted by molar-refractivity contribution is 5.71. The molecule has 73 heavy (non-hydrogen) atoms. The Hall–Kier alpha value is -3.67. The van der Waals surface area contributed by atoms with Crippen molar-refractivity contribution >= 4 is 17.9 Å². The Morgan fingerprint density at radius 1 is 0.288 bits per heavy atom. The molecule has 1 unspecified atom stereocenters. The van der Waals surface area contributed by atoms with Crippen LogP contribution in [0.1, 0.15) is 290 Å². The lowest BCUT2D eigenvalue weighted by atomic mass is 10.0. The van der Waals surface area contributed by atoms with Crippen LogP contribution in [0, 0.1) is 0 Å². The summed E-state index contributed by atoms with van der Waals surface area (Å²) in [5, 5.41) is 0. The van der Waals surface area contributed by atoms with Crippen molar-refractivity contribution in [3.05, 3.63) is 97.2 Å². The summed E-state index contributed by atoms with van der Waals surface area (Å²) in [6.45, 7) is 6.45. The molecule has 0 bridgehead atoms. The molecule has 0 rings (SSSR count). The van der Waals surface area contributed by atoms with Gasteiger partial charge in [-0.25, -0.2) is 0 Å². The molecule has 0 aliphatic heterocycles. The molecule has 0 N–H and O–H groups in total. The van der Waals surface area contributed by atoms with Gasteiger partial charge < -0.3 is 14.2 Å². The molecule has 0 amide bonds. The Morgan fingerprint density at radius 2 is 0.562 bits per heavy atom. The second-order valence-corrected chi connectivity index (χ2v) is 20.2. The van der Waals surface area contributed by atoms with Gasteiger partial charge in [0, 0.05) is 19.3 Å². The molecule has 0 heterocycles. The molecule has 0 aliphatic carbocycles. The zero-order valence-electron chi connectivity index (χ0n) is 47.9. The summed E-state index contributed by atoms with van der Waals surface area (Å²) in [5.74, 6) is -0.987. The summed E-state index contributed by atoms with van der Waals surface area (Å²) in [7, 11) is 0. The minimum Gasteiger partial charge on any atom is -0.462 e. The summed E-state index contributed by atoms with van der Waals surface area (Å²) in [4.78, 5) is 38.1. The van der Waals surface area contributed by atoms with Gasteiger partial charge >= 0.3 is 17.9 Å². The summed E-state index contributed by atoms with van der Waals surface area (Å²) in [5.41, 5.74) is 0. The molecule has 0 aliphatic rings. The number of carbonyl (C=O) groups excluding carboxylic acids is 3. The lowest BCUT2D eigenvalue weighted by Crippen LogP contribution is -2.30. The van der Waals surface area contributed by atoms with Crippen molar-refractivity contribution in [1.29, 1.82) is 0 Å². The number of allylic oxidation sites excluding steroid dienone is 16. The van der Waals surface area contributed by atoms with Crippen LogP contribution in [0.5, 0.6) is 0 Å². The van der Waals surface area contributed by atoms with Crippen LogP contribution < -0.4 is 0 Å². The first kappa shape index (κ1) is 69.3. The highest BCUT2D eigenvalue weighted by Gasteiger charge is 2.19. The zero-order valence-corrected chi connectivity index (χ0v) is 47.9. The molecular weight excluding hydrogens is 901 g/mol. The third kappa shape index (κ3) is 59.1. The fraction of sp³-hybridized carbons (Fsp3) is 0.716. The number of unbranched alkanes of at least 4 members (excludes halogenated alkanes) is 28. The molecule has 0 saturated heterocycles. The molecule has 418 valence electrons. The van der Waals surface area contributed by atoms with Gasteiger partial charge in [-0.15, -0.1) is 0 Å². The molecule has 6 nitrogen and oxygen atoms in total. The van der Waals surface area contributed by atoms with Crippen LogP contribution in [0.25, 0.3) is 0 Å². The van der Waals surface area contributed by atoms with E-state index >= 15 is 0 Å². The smallest absolute Gasteiger partial charge is 0.306 e. The maximum absolute atomic E-state index is 12.8. The van der Waals surface area contributed by atoms with Gasteiger partial charge in [0.1, 0.15) is 13.2 Å². The number of carbonyl (C=O) groups is 3. The first-order chi connectivity index (χ1) is 36.0. The van der Waals surface area contributed by atoms with Crippen molar-refractivity contribution in [2.75, 3.05) is 13.2 Å². The van der Waals surface area contributed by atoms with Crippen molar-refractivity contribution in [2.45, 2.75) is 297 Å². The summed E-state index contributed by atoms with van der Waals surface area (Å²) in [6, 6.07) is 0. The fourth-order valence-corrected chi connectivity index (χ4v) is 8.50. The topological polar surface area (TPSA) is 78.9 Å². The van der Waals surface area contributed by atoms with Gasteiger partial charge in [0.2, 0.25) is 0 Å². The first-order valence-corrected chi connectivity index (χ1v) is 30.7. The van der Waals surface area contributed by atoms with Crippen LogP contribution in [0.15, 0.2) is 97.2 Å². The van der Waals surface area contributed by atoms with Gasteiger partial charge in [0.25, 0.3) is 0 Å². The quantitative estimate of drug-likeness (QED) is 0.0261. The Balaban J connectivity index is 4.27. The average Bonchev–Trinajstić information content (AvgIpc) is 3.39. The van der Waals surface area contributed by atoms with E-state index in [0.717, 1.165) is 83.5 Å². The van der Waals surface area contributed by atoms with E-state index in [1.54, 1.807) is 0 Å². The van der Waals surface area contributed by atoms with Gasteiger partial charge in [-0.1, -0.05) is 279 Å². The molecule has 6 heteroatoms. The van der Waals surface area contributed by atoms with Crippen LogP contribution in [0.3, 0.4) is 0 Å². The van der Waals surface area contributed by atoms with E-state index in [9.17, 15) is 14.4 Å². The van der Waals surface area contributed by atoms with E-state index < -0.39 is 12.1 Å². The molecule has 1 atom stereocenters. The second-order valence-electron chi connectivity index (χ2n) is 20.2. The maximum atomic E-state index is 12.8. The van der Waals surface area contributed by atoms with E-state index in [0.29, 0.717) is 19.3 Å². The zero-order chi connectivity index (χ0) is 52.9. The minimum absolute atomic E-state index is 0.106. The first-order valence-electron chi connectivity index (χ1n) is 30.7. The molecule has 0 fully saturated rings. The summed E-state index contributed by atoms with van der Waals surface area (Å²) in [6.07, 6.45) is 81.5. The van der Waals surface area contributed by atoms with Crippen molar-refractivity contribution in [3.63, 3.8) is 0 Å². The van der Waals surface area contributed by atoms with Gasteiger partial charge in [-0.2, -0.15) is 0 Å². The predicted octanol–water partition coefficient (Wildman–Crippen LogP) is 20.9. The number of hydrogen-bond donors (Lipinski definition) is 0. The molecule has 0 spiro atoms. The Bertz CT molecular complexity index is 1440. The summed E-state index contributed by atoms with van der Waals surface area (Å²) >= 11 is 0. The molecule has 0 aromatic rings. The molecular formula is C67H114O6. The Morgan fingerprint density at radius 3 is 0.890 bits per heavy atom. The Kier molecular flexibility index (Phi) is 57.8. The van der Waals surface area contributed by atoms with Gasteiger partial charge in [-0.3, -0.25) is 14.4 Å². The maximum Gasteiger partial charge on any atom is 0.306 e. The average molecular weight is 1020 g/mol. The van der Waals surface area contributed by atoms with Crippen LogP contribution in [-0.2, 0) is 28.6 Å². The van der Waals surface area contributed by atoms with Crippen LogP contribution in [-0.4, -0.2) is 37.2 Å². The number of rotatable bonds is 55. The third-order valence-electron chi connectivity index (χ3n) is 13.1. The van der Waals surface area contributed by atoms with Crippen LogP contribution in [0.2, 0.25) is 0 Å². The molecule has 0 saturated carbocycles. The number of hydrogen-bond acceptors (Lipinski definition) is 6. The standard InChI is InChI=1S/C67H114O6/c1-4-7-10-13-16-19-21-23-25-27-29-30-31-32-33-34-35-36-38-39-41-43-45-48-51-54-57-60-66(69)72-63-64(62-71-65(68)59-56-53-50-47-18-15-12-9-6-3)73-67(70)61-58-55-52-49-46-44-42-40-37-28-26-24-22-20-17-14-11-8-5-2/h8,11,17,20-21,23-24,26-27,29,37,40,44,46,52,55,64H,4-7,9-10,12-16,18-19,22,25,28,30-36,38-39,41-43,45,47-51,53-54,56-63H2,1-3H3/b11-8-,20-17-,23-21-,26-24-,29-27-,40-37-,46-44-,55-52-. The van der Waals surface area contributed by atoms with Gasteiger partial charge in [0.05, 0.1) is 0 Å². The van der Waals surface area contributed by atoms with E-state index in [2.05, 4.69) is 112 Å². The van der Waals surface area contributed by atoms with Crippen molar-refractivity contribution in [3.8, 4) is 0 Å². The molecule has 0 aromatic heterocycles. The minimum atomic E-state index is -0.816. The van der Waals surface area contributed by atoms with Crippen molar-refractivity contribution in [1.82, 2.24) is 0 Å². The van der Waals surface area contributed by atoms with Gasteiger partial charge in [0.15, 0.2) is 6.10 Å². The molecule has 0 radical (unpaired) electrons. The number of esters is 3. The monoisotopic (exact) mass is 1010 g/mol. The lowest BCUT2D eigenvalue weighted by Gasteiger charge is -2.18. The molecule has 0 aromatic carbocycles. The van der Waals surface area contributed by atoms with Crippen LogP contribution in [0.4, 0.5) is 0 Å². The van der Waals surface area contributed by atoms with Crippen LogP contribution >= 0.6 is 0 Å². The normalized spacial score (nSPS) is 12.8. The van der Waals surface area contributed by atoms with E-state index in [1.807, 2.05) is 6.08 Å².